The van der Waals surface area contributed by atoms with Crippen molar-refractivity contribution in [2.45, 2.75) is 26.7 Å². The molecule has 2 aromatic rings. The summed E-state index contributed by atoms with van der Waals surface area (Å²) < 4.78 is 5.45. The first-order chi connectivity index (χ1) is 13.7. The predicted molar refractivity (Wildman–Crippen MR) is 111 cm³/mol. The largest absolute Gasteiger partial charge is 0.378 e. The number of morpholine rings is 1. The number of carbonyl (C=O) groups excluding carboxylic acids is 1. The van der Waals surface area contributed by atoms with Crippen molar-refractivity contribution in [3.8, 4) is 0 Å². The van der Waals surface area contributed by atoms with E-state index in [1.54, 1.807) is 12.3 Å². The van der Waals surface area contributed by atoms with Crippen molar-refractivity contribution in [3.05, 3.63) is 42.2 Å². The number of nitrogens with zero attached hydrogens (tertiary/aromatic N) is 4. The summed E-state index contributed by atoms with van der Waals surface area (Å²) in [7, 11) is 0. The van der Waals surface area contributed by atoms with E-state index in [1.165, 1.54) is 0 Å². The monoisotopic (exact) mass is 383 g/mol. The topological polar surface area (TPSA) is 70.6 Å². The van der Waals surface area contributed by atoms with E-state index in [2.05, 4.69) is 40.1 Å². The van der Waals surface area contributed by atoms with Crippen LogP contribution in [0.3, 0.4) is 0 Å². The lowest BCUT2D eigenvalue weighted by molar-refractivity contribution is 0.0749. The van der Waals surface area contributed by atoms with Crippen LogP contribution in [0.15, 0.2) is 36.5 Å². The molecule has 1 saturated heterocycles. The minimum absolute atomic E-state index is 0.0457. The number of carbonyl (C=O) groups is 1. The average molecular weight is 383 g/mol. The lowest BCUT2D eigenvalue weighted by atomic mass is 10.2. The van der Waals surface area contributed by atoms with Gasteiger partial charge in [0.1, 0.15) is 5.69 Å². The number of hydrogen-bond acceptors (Lipinski definition) is 6. The Morgan fingerprint density at radius 1 is 1.14 bits per heavy atom. The third-order valence-corrected chi connectivity index (χ3v) is 4.65. The fourth-order valence-electron chi connectivity index (χ4n) is 3.33. The Bertz CT molecular complexity index is 771. The summed E-state index contributed by atoms with van der Waals surface area (Å²) in [5.74, 6) is 0.384. The first-order valence-corrected chi connectivity index (χ1v) is 10.0. The fraction of sp³-hybridized carbons (Fsp3) is 0.476. The van der Waals surface area contributed by atoms with Crippen molar-refractivity contribution in [2.75, 3.05) is 49.6 Å². The van der Waals surface area contributed by atoms with Gasteiger partial charge in [-0.15, -0.1) is 0 Å². The molecule has 0 spiro atoms. The number of anilines is 3. The molecule has 1 amide bonds. The van der Waals surface area contributed by atoms with Crippen LogP contribution in [0.25, 0.3) is 0 Å². The molecule has 0 saturated carbocycles. The summed E-state index contributed by atoms with van der Waals surface area (Å²) in [6.45, 7) is 8.76. The van der Waals surface area contributed by atoms with E-state index in [1.807, 2.05) is 23.1 Å². The summed E-state index contributed by atoms with van der Waals surface area (Å²) in [6.07, 6.45) is 3.49. The van der Waals surface area contributed by atoms with Gasteiger partial charge in [-0.25, -0.2) is 9.97 Å². The van der Waals surface area contributed by atoms with Crippen LogP contribution in [0.5, 0.6) is 0 Å². The molecule has 0 radical (unpaired) electrons. The summed E-state index contributed by atoms with van der Waals surface area (Å²) in [6, 6.07) is 9.76. The number of nitrogens with one attached hydrogen (secondary N) is 1. The highest BCUT2D eigenvalue weighted by Crippen LogP contribution is 2.28. The van der Waals surface area contributed by atoms with E-state index in [-0.39, 0.29) is 5.91 Å². The number of para-hydroxylation sites is 2. The highest BCUT2D eigenvalue weighted by Gasteiger charge is 2.18. The maximum absolute atomic E-state index is 12.8. The normalized spacial score (nSPS) is 14.0. The van der Waals surface area contributed by atoms with E-state index in [0.29, 0.717) is 11.6 Å². The van der Waals surface area contributed by atoms with Crippen molar-refractivity contribution in [1.29, 1.82) is 0 Å². The molecule has 28 heavy (non-hydrogen) atoms. The van der Waals surface area contributed by atoms with E-state index >= 15 is 0 Å². The van der Waals surface area contributed by atoms with Crippen molar-refractivity contribution in [1.82, 2.24) is 14.9 Å². The Morgan fingerprint density at radius 2 is 1.86 bits per heavy atom. The summed E-state index contributed by atoms with van der Waals surface area (Å²) in [5, 5.41) is 3.29. The van der Waals surface area contributed by atoms with Crippen LogP contribution in [0.4, 0.5) is 17.3 Å². The molecule has 7 heteroatoms. The first-order valence-electron chi connectivity index (χ1n) is 10.0. The molecule has 1 fully saturated rings. The standard InChI is InChI=1S/C21H29N5O2/c1-3-11-26(12-4-2)20(27)18-9-10-22-21(24-18)23-17-7-5-6-8-19(17)25-13-15-28-16-14-25/h5-10H,3-4,11-16H2,1-2H3,(H,22,23,24). The van der Waals surface area contributed by atoms with Crippen LogP contribution in [0, 0.1) is 0 Å². The van der Waals surface area contributed by atoms with E-state index in [0.717, 1.165) is 63.6 Å². The molecule has 7 nitrogen and oxygen atoms in total. The number of ether oxygens (including phenoxy) is 1. The number of benzene rings is 1. The highest BCUT2D eigenvalue weighted by atomic mass is 16.5. The molecule has 1 N–H and O–H groups in total. The van der Waals surface area contributed by atoms with Crippen LogP contribution in [-0.2, 0) is 4.74 Å². The molecule has 0 atom stereocenters. The molecule has 2 heterocycles. The van der Waals surface area contributed by atoms with Gasteiger partial charge in [0.05, 0.1) is 24.6 Å². The van der Waals surface area contributed by atoms with Crippen molar-refractivity contribution in [2.24, 2.45) is 0 Å². The highest BCUT2D eigenvalue weighted by molar-refractivity contribution is 5.92. The van der Waals surface area contributed by atoms with Crippen LogP contribution >= 0.6 is 0 Å². The summed E-state index contributed by atoms with van der Waals surface area (Å²) in [4.78, 5) is 25.8. The predicted octanol–water partition coefficient (Wildman–Crippen LogP) is 3.32. The van der Waals surface area contributed by atoms with E-state index in [9.17, 15) is 4.79 Å². The number of aromatic nitrogens is 2. The molecule has 0 bridgehead atoms. The van der Waals surface area contributed by atoms with Gasteiger partial charge in [-0.1, -0.05) is 26.0 Å². The third-order valence-electron chi connectivity index (χ3n) is 4.65. The lowest BCUT2D eigenvalue weighted by Gasteiger charge is -2.30. The molecular formula is C21H29N5O2. The van der Waals surface area contributed by atoms with Gasteiger partial charge < -0.3 is 19.9 Å². The zero-order valence-electron chi connectivity index (χ0n) is 16.7. The van der Waals surface area contributed by atoms with Crippen molar-refractivity contribution < 1.29 is 9.53 Å². The van der Waals surface area contributed by atoms with Gasteiger partial charge in [-0.2, -0.15) is 0 Å². The molecule has 1 aliphatic heterocycles. The lowest BCUT2D eigenvalue weighted by Crippen LogP contribution is -2.36. The Labute approximate surface area is 166 Å². The van der Waals surface area contributed by atoms with Crippen LogP contribution in [0.1, 0.15) is 37.2 Å². The minimum Gasteiger partial charge on any atom is -0.378 e. The van der Waals surface area contributed by atoms with E-state index < -0.39 is 0 Å². The SMILES string of the molecule is CCCN(CCC)C(=O)c1ccnc(Nc2ccccc2N2CCOCC2)n1. The van der Waals surface area contributed by atoms with Gasteiger partial charge in [0, 0.05) is 32.4 Å². The molecule has 1 aliphatic rings. The quantitative estimate of drug-likeness (QED) is 0.754. The Kier molecular flexibility index (Phi) is 7.19. The second-order valence-corrected chi connectivity index (χ2v) is 6.80. The number of hydrogen-bond donors (Lipinski definition) is 1. The molecular weight excluding hydrogens is 354 g/mol. The molecule has 150 valence electrons. The third kappa shape index (κ3) is 4.98. The van der Waals surface area contributed by atoms with Crippen molar-refractivity contribution >= 4 is 23.2 Å². The first kappa shape index (κ1) is 20.1. The molecule has 0 unspecified atom stereocenters. The van der Waals surface area contributed by atoms with Gasteiger partial charge >= 0.3 is 0 Å². The molecule has 1 aromatic carbocycles. The van der Waals surface area contributed by atoms with Crippen molar-refractivity contribution in [3.63, 3.8) is 0 Å². The molecule has 0 aliphatic carbocycles. The van der Waals surface area contributed by atoms with Gasteiger partial charge in [-0.3, -0.25) is 4.79 Å². The Morgan fingerprint density at radius 3 is 2.57 bits per heavy atom. The Balaban J connectivity index is 1.79. The zero-order valence-corrected chi connectivity index (χ0v) is 16.7. The smallest absolute Gasteiger partial charge is 0.272 e. The second kappa shape index (κ2) is 10.0. The second-order valence-electron chi connectivity index (χ2n) is 6.80. The Hall–Kier alpha value is -2.67. The van der Waals surface area contributed by atoms with Crippen LogP contribution < -0.4 is 10.2 Å². The number of amides is 1. The van der Waals surface area contributed by atoms with Crippen LogP contribution in [0.2, 0.25) is 0 Å². The van der Waals surface area contributed by atoms with Crippen LogP contribution in [-0.4, -0.2) is 60.2 Å². The number of rotatable bonds is 8. The molecule has 3 rings (SSSR count). The van der Waals surface area contributed by atoms with Gasteiger partial charge in [0.2, 0.25) is 5.95 Å². The zero-order chi connectivity index (χ0) is 19.8. The molecule has 1 aromatic heterocycles. The summed E-state index contributed by atoms with van der Waals surface area (Å²) in [5.41, 5.74) is 2.43. The maximum Gasteiger partial charge on any atom is 0.272 e. The fourth-order valence-corrected chi connectivity index (χ4v) is 3.33. The van der Waals surface area contributed by atoms with Gasteiger partial charge in [-0.05, 0) is 31.0 Å². The average Bonchev–Trinajstić information content (AvgIpc) is 2.74. The van der Waals surface area contributed by atoms with Gasteiger partial charge in [0.15, 0.2) is 0 Å². The maximum atomic E-state index is 12.8. The summed E-state index contributed by atoms with van der Waals surface area (Å²) >= 11 is 0. The minimum atomic E-state index is -0.0457. The van der Waals surface area contributed by atoms with Gasteiger partial charge in [0.25, 0.3) is 5.91 Å². The van der Waals surface area contributed by atoms with E-state index in [4.69, 9.17) is 4.74 Å².